The summed E-state index contributed by atoms with van der Waals surface area (Å²) >= 11 is 0. The van der Waals surface area contributed by atoms with Crippen molar-refractivity contribution in [2.24, 2.45) is 11.1 Å². The summed E-state index contributed by atoms with van der Waals surface area (Å²) < 4.78 is 0. The molecule has 0 fully saturated rings. The summed E-state index contributed by atoms with van der Waals surface area (Å²) in [6.45, 7) is 5.67. The van der Waals surface area contributed by atoms with Gasteiger partial charge in [0.2, 0.25) is 0 Å². The highest BCUT2D eigenvalue weighted by Gasteiger charge is 2.26. The fourth-order valence-corrected chi connectivity index (χ4v) is 1.42. The summed E-state index contributed by atoms with van der Waals surface area (Å²) in [6.07, 6.45) is 4.01. The third-order valence-corrected chi connectivity index (χ3v) is 2.28. The van der Waals surface area contributed by atoms with Crippen LogP contribution >= 0.6 is 0 Å². The first-order valence-corrected chi connectivity index (χ1v) is 5.10. The van der Waals surface area contributed by atoms with Gasteiger partial charge in [0.1, 0.15) is 0 Å². The summed E-state index contributed by atoms with van der Waals surface area (Å²) in [4.78, 5) is 15.7. The number of pyridine rings is 1. The van der Waals surface area contributed by atoms with Gasteiger partial charge in [-0.05, 0) is 24.1 Å². The molecule has 0 saturated heterocycles. The Bertz CT molecular complexity index is 327. The van der Waals surface area contributed by atoms with Gasteiger partial charge >= 0.3 is 0 Å². The van der Waals surface area contributed by atoms with Gasteiger partial charge in [-0.2, -0.15) is 0 Å². The van der Waals surface area contributed by atoms with Crippen molar-refractivity contribution in [2.45, 2.75) is 33.2 Å². The number of hydrogen-bond acceptors (Lipinski definition) is 3. The van der Waals surface area contributed by atoms with E-state index in [1.54, 1.807) is 12.4 Å². The third kappa shape index (κ3) is 3.44. The van der Waals surface area contributed by atoms with E-state index in [0.717, 1.165) is 5.56 Å². The predicted molar refractivity (Wildman–Crippen MR) is 60.4 cm³/mol. The maximum atomic E-state index is 11.8. The molecule has 0 aliphatic carbocycles. The first kappa shape index (κ1) is 11.9. The molecule has 3 heteroatoms. The topological polar surface area (TPSA) is 56.0 Å². The van der Waals surface area contributed by atoms with Gasteiger partial charge in [0, 0.05) is 17.8 Å². The number of nitrogens with two attached hydrogens (primary N) is 1. The van der Waals surface area contributed by atoms with Gasteiger partial charge in [0.05, 0.1) is 6.04 Å². The van der Waals surface area contributed by atoms with Crippen molar-refractivity contribution in [3.8, 4) is 0 Å². The largest absolute Gasteiger partial charge is 0.321 e. The van der Waals surface area contributed by atoms with Gasteiger partial charge < -0.3 is 5.73 Å². The maximum Gasteiger partial charge on any atom is 0.155 e. The smallest absolute Gasteiger partial charge is 0.155 e. The second-order valence-corrected chi connectivity index (χ2v) is 4.78. The Hall–Kier alpha value is -1.22. The van der Waals surface area contributed by atoms with Gasteiger partial charge in [-0.25, -0.2) is 0 Å². The van der Waals surface area contributed by atoms with Crippen LogP contribution in [-0.4, -0.2) is 16.8 Å². The minimum absolute atomic E-state index is 0.0966. The van der Waals surface area contributed by atoms with Crippen molar-refractivity contribution in [3.05, 3.63) is 30.1 Å². The van der Waals surface area contributed by atoms with Crippen LogP contribution in [0, 0.1) is 5.41 Å². The molecule has 0 aliphatic rings. The molecule has 1 aromatic rings. The molecule has 0 spiro atoms. The van der Waals surface area contributed by atoms with Gasteiger partial charge in [0.25, 0.3) is 0 Å². The molecule has 2 N–H and O–H groups in total. The molecular formula is C12H18N2O. The Morgan fingerprint density at radius 1 is 1.40 bits per heavy atom. The number of Topliss-reactive ketones (excluding diaryl/α,β-unsaturated/α-hetero) is 1. The highest BCUT2D eigenvalue weighted by molar-refractivity contribution is 5.88. The molecule has 15 heavy (non-hydrogen) atoms. The minimum atomic E-state index is -0.424. The van der Waals surface area contributed by atoms with E-state index in [2.05, 4.69) is 4.98 Å². The SMILES string of the molecule is CC(C)(C)C(=O)[C@@H](N)Cc1ccncc1. The van der Waals surface area contributed by atoms with Gasteiger partial charge in [0.15, 0.2) is 5.78 Å². The highest BCUT2D eigenvalue weighted by atomic mass is 16.1. The van der Waals surface area contributed by atoms with Crippen molar-refractivity contribution in [1.82, 2.24) is 4.98 Å². The van der Waals surface area contributed by atoms with Crippen molar-refractivity contribution in [2.75, 3.05) is 0 Å². The number of ketones is 1. The van der Waals surface area contributed by atoms with E-state index in [1.807, 2.05) is 32.9 Å². The molecule has 0 unspecified atom stereocenters. The second kappa shape index (κ2) is 4.53. The summed E-state index contributed by atoms with van der Waals surface area (Å²) in [5.74, 6) is 0.0966. The zero-order chi connectivity index (χ0) is 11.5. The van der Waals surface area contributed by atoms with Crippen molar-refractivity contribution in [3.63, 3.8) is 0 Å². The van der Waals surface area contributed by atoms with Crippen LogP contribution in [0.3, 0.4) is 0 Å². The Morgan fingerprint density at radius 2 is 1.93 bits per heavy atom. The lowest BCUT2D eigenvalue weighted by molar-refractivity contribution is -0.127. The molecule has 1 heterocycles. The monoisotopic (exact) mass is 206 g/mol. The third-order valence-electron chi connectivity index (χ3n) is 2.28. The Balaban J connectivity index is 2.65. The molecule has 82 valence electrons. The minimum Gasteiger partial charge on any atom is -0.321 e. The number of nitrogens with zero attached hydrogens (tertiary/aromatic N) is 1. The quantitative estimate of drug-likeness (QED) is 0.816. The van der Waals surface area contributed by atoms with Crippen molar-refractivity contribution >= 4 is 5.78 Å². The molecule has 1 rings (SSSR count). The van der Waals surface area contributed by atoms with Gasteiger partial charge in [-0.1, -0.05) is 20.8 Å². The van der Waals surface area contributed by atoms with E-state index < -0.39 is 6.04 Å². The zero-order valence-electron chi connectivity index (χ0n) is 9.53. The zero-order valence-corrected chi connectivity index (χ0v) is 9.53. The molecule has 0 radical (unpaired) electrons. The van der Waals surface area contributed by atoms with E-state index >= 15 is 0 Å². The molecule has 3 nitrogen and oxygen atoms in total. The molecule has 0 aliphatic heterocycles. The molecule has 0 amide bonds. The number of carbonyl (C=O) groups is 1. The van der Waals surface area contributed by atoms with Crippen molar-refractivity contribution in [1.29, 1.82) is 0 Å². The maximum absolute atomic E-state index is 11.8. The normalized spacial score (nSPS) is 13.6. The summed E-state index contributed by atoms with van der Waals surface area (Å²) in [5, 5.41) is 0. The van der Waals surface area contributed by atoms with Gasteiger partial charge in [-0.3, -0.25) is 9.78 Å². The average molecular weight is 206 g/mol. The van der Waals surface area contributed by atoms with Crippen LogP contribution < -0.4 is 5.73 Å². The van der Waals surface area contributed by atoms with Crippen LogP contribution in [0.1, 0.15) is 26.3 Å². The fourth-order valence-electron chi connectivity index (χ4n) is 1.42. The summed E-state index contributed by atoms with van der Waals surface area (Å²) in [7, 11) is 0. The van der Waals surface area contributed by atoms with Crippen molar-refractivity contribution < 1.29 is 4.79 Å². The summed E-state index contributed by atoms with van der Waals surface area (Å²) in [5.41, 5.74) is 6.55. The molecule has 0 aromatic carbocycles. The highest BCUT2D eigenvalue weighted by Crippen LogP contribution is 2.17. The van der Waals surface area contributed by atoms with E-state index in [-0.39, 0.29) is 11.2 Å². The fraction of sp³-hybridized carbons (Fsp3) is 0.500. The number of hydrogen-bond donors (Lipinski definition) is 1. The molecule has 0 saturated carbocycles. The lowest BCUT2D eigenvalue weighted by Crippen LogP contribution is -2.40. The standard InChI is InChI=1S/C12H18N2O/c1-12(2,3)11(15)10(13)8-9-4-6-14-7-5-9/h4-7,10H,8,13H2,1-3H3/t10-/m0/s1. The molecular weight excluding hydrogens is 188 g/mol. The van der Waals surface area contributed by atoms with Gasteiger partial charge in [-0.15, -0.1) is 0 Å². The number of rotatable bonds is 3. The predicted octanol–water partition coefficient (Wildman–Crippen LogP) is 1.57. The molecule has 1 atom stereocenters. The van der Waals surface area contributed by atoms with E-state index in [1.165, 1.54) is 0 Å². The number of carbonyl (C=O) groups excluding carboxylic acids is 1. The van der Waals surface area contributed by atoms with E-state index in [0.29, 0.717) is 6.42 Å². The lowest BCUT2D eigenvalue weighted by Gasteiger charge is -2.21. The van der Waals surface area contributed by atoms with Crippen LogP contribution in [0.5, 0.6) is 0 Å². The first-order chi connectivity index (χ1) is 6.91. The second-order valence-electron chi connectivity index (χ2n) is 4.78. The molecule has 1 aromatic heterocycles. The molecule has 0 bridgehead atoms. The Labute approximate surface area is 90.7 Å². The summed E-state index contributed by atoms with van der Waals surface area (Å²) in [6, 6.07) is 3.35. The van der Waals surface area contributed by atoms with Crippen LogP contribution in [-0.2, 0) is 11.2 Å². The lowest BCUT2D eigenvalue weighted by atomic mass is 9.85. The number of aromatic nitrogens is 1. The van der Waals surface area contributed by atoms with Crippen LogP contribution in [0.4, 0.5) is 0 Å². The van der Waals surface area contributed by atoms with Crippen LogP contribution in [0.25, 0.3) is 0 Å². The van der Waals surface area contributed by atoms with E-state index in [4.69, 9.17) is 5.73 Å². The first-order valence-electron chi connectivity index (χ1n) is 5.10. The average Bonchev–Trinajstić information content (AvgIpc) is 2.16. The van der Waals surface area contributed by atoms with Crippen LogP contribution in [0.2, 0.25) is 0 Å². The Morgan fingerprint density at radius 3 is 2.40 bits per heavy atom. The van der Waals surface area contributed by atoms with E-state index in [9.17, 15) is 4.79 Å². The Kier molecular flexibility index (Phi) is 3.58. The van der Waals surface area contributed by atoms with Crippen LogP contribution in [0.15, 0.2) is 24.5 Å².